The van der Waals surface area contributed by atoms with Gasteiger partial charge in [-0.2, -0.15) is 0 Å². The van der Waals surface area contributed by atoms with E-state index in [9.17, 15) is 0 Å². The highest BCUT2D eigenvalue weighted by molar-refractivity contribution is 5.55. The van der Waals surface area contributed by atoms with E-state index in [1.165, 1.54) is 12.8 Å². The van der Waals surface area contributed by atoms with Gasteiger partial charge in [0.1, 0.15) is 0 Å². The van der Waals surface area contributed by atoms with Crippen LogP contribution >= 0.6 is 0 Å². The lowest BCUT2D eigenvalue weighted by Crippen LogP contribution is -2.21. The van der Waals surface area contributed by atoms with E-state index < -0.39 is 0 Å². The number of hydrogen-bond donors (Lipinski definition) is 1. The third-order valence-corrected chi connectivity index (χ3v) is 3.79. The third kappa shape index (κ3) is 5.86. The Morgan fingerprint density at radius 1 is 0.952 bits per heavy atom. The standard InChI is InChI=1S/C18H31NO2/c1-6-14(5)12-15(7-2)19-16-10-11-17(20-8-3)18(13-16)21-9-4/h10-11,13-15,19H,6-9,12H2,1-5H3. The Balaban J connectivity index is 2.79. The van der Waals surface area contributed by atoms with E-state index in [0.717, 1.165) is 29.5 Å². The molecule has 1 rings (SSSR count). The zero-order valence-electron chi connectivity index (χ0n) is 14.2. The molecule has 1 N–H and O–H groups in total. The molecule has 2 unspecified atom stereocenters. The van der Waals surface area contributed by atoms with E-state index >= 15 is 0 Å². The number of anilines is 1. The van der Waals surface area contributed by atoms with Crippen LogP contribution in [0.1, 0.15) is 53.9 Å². The Hall–Kier alpha value is -1.38. The SMILES string of the molecule is CCOc1ccc(NC(CC)CC(C)CC)cc1OCC. The maximum absolute atomic E-state index is 5.68. The molecule has 0 amide bonds. The minimum Gasteiger partial charge on any atom is -0.490 e. The predicted molar refractivity (Wildman–Crippen MR) is 90.6 cm³/mol. The lowest BCUT2D eigenvalue weighted by molar-refractivity contribution is 0.288. The van der Waals surface area contributed by atoms with Crippen LogP contribution < -0.4 is 14.8 Å². The molecular weight excluding hydrogens is 262 g/mol. The van der Waals surface area contributed by atoms with Gasteiger partial charge in [0.15, 0.2) is 11.5 Å². The molecule has 0 spiro atoms. The lowest BCUT2D eigenvalue weighted by atomic mass is 9.97. The summed E-state index contributed by atoms with van der Waals surface area (Å²) in [4.78, 5) is 0. The van der Waals surface area contributed by atoms with E-state index in [-0.39, 0.29) is 0 Å². The number of hydrogen-bond acceptors (Lipinski definition) is 3. The molecule has 0 aliphatic carbocycles. The molecule has 0 aliphatic rings. The Morgan fingerprint density at radius 3 is 2.19 bits per heavy atom. The Morgan fingerprint density at radius 2 is 1.62 bits per heavy atom. The highest BCUT2D eigenvalue weighted by atomic mass is 16.5. The van der Waals surface area contributed by atoms with Gasteiger partial charge in [-0.3, -0.25) is 0 Å². The molecule has 1 aromatic carbocycles. The summed E-state index contributed by atoms with van der Waals surface area (Å²) in [7, 11) is 0. The zero-order valence-corrected chi connectivity index (χ0v) is 14.2. The van der Waals surface area contributed by atoms with Gasteiger partial charge in [0.25, 0.3) is 0 Å². The first kappa shape index (κ1) is 17.7. The van der Waals surface area contributed by atoms with Crippen molar-refractivity contribution in [3.8, 4) is 11.5 Å². The van der Waals surface area contributed by atoms with Gasteiger partial charge < -0.3 is 14.8 Å². The Bertz CT molecular complexity index is 406. The van der Waals surface area contributed by atoms with Crippen molar-refractivity contribution >= 4 is 5.69 Å². The second-order valence-corrected chi connectivity index (χ2v) is 5.53. The maximum Gasteiger partial charge on any atom is 0.163 e. The summed E-state index contributed by atoms with van der Waals surface area (Å²) in [6.07, 6.45) is 3.55. The quantitative estimate of drug-likeness (QED) is 0.650. The average Bonchev–Trinajstić information content (AvgIpc) is 2.49. The van der Waals surface area contributed by atoms with Crippen molar-refractivity contribution in [1.82, 2.24) is 0 Å². The molecule has 0 saturated heterocycles. The van der Waals surface area contributed by atoms with Gasteiger partial charge in [-0.1, -0.05) is 27.2 Å². The molecule has 21 heavy (non-hydrogen) atoms. The van der Waals surface area contributed by atoms with Crippen LogP contribution in [-0.4, -0.2) is 19.3 Å². The van der Waals surface area contributed by atoms with E-state index in [4.69, 9.17) is 9.47 Å². The fourth-order valence-corrected chi connectivity index (χ4v) is 2.36. The van der Waals surface area contributed by atoms with Crippen LogP contribution in [0.4, 0.5) is 5.69 Å². The van der Waals surface area contributed by atoms with E-state index in [1.54, 1.807) is 0 Å². The Kier molecular flexibility index (Phi) is 8.03. The van der Waals surface area contributed by atoms with Gasteiger partial charge in [-0.05, 0) is 44.7 Å². The first-order valence-electron chi connectivity index (χ1n) is 8.30. The smallest absolute Gasteiger partial charge is 0.163 e. The second kappa shape index (κ2) is 9.54. The van der Waals surface area contributed by atoms with Crippen LogP contribution in [0.5, 0.6) is 11.5 Å². The average molecular weight is 293 g/mol. The number of nitrogens with one attached hydrogen (secondary N) is 1. The molecular formula is C18H31NO2. The summed E-state index contributed by atoms with van der Waals surface area (Å²) in [5.41, 5.74) is 1.11. The first-order valence-corrected chi connectivity index (χ1v) is 8.30. The summed E-state index contributed by atoms with van der Waals surface area (Å²) < 4.78 is 11.3. The molecule has 3 nitrogen and oxygen atoms in total. The number of rotatable bonds is 10. The van der Waals surface area contributed by atoms with Gasteiger partial charge in [0, 0.05) is 17.8 Å². The van der Waals surface area contributed by atoms with E-state index in [0.29, 0.717) is 19.3 Å². The van der Waals surface area contributed by atoms with Crippen LogP contribution in [0, 0.1) is 5.92 Å². The largest absolute Gasteiger partial charge is 0.490 e. The van der Waals surface area contributed by atoms with Gasteiger partial charge >= 0.3 is 0 Å². The summed E-state index contributed by atoms with van der Waals surface area (Å²) in [5, 5.41) is 3.63. The minimum absolute atomic E-state index is 0.507. The summed E-state index contributed by atoms with van der Waals surface area (Å²) in [5.74, 6) is 2.39. The molecule has 3 heteroatoms. The van der Waals surface area contributed by atoms with Crippen LogP contribution in [0.2, 0.25) is 0 Å². The number of ether oxygens (including phenoxy) is 2. The highest BCUT2D eigenvalue weighted by Crippen LogP contribution is 2.31. The van der Waals surface area contributed by atoms with E-state index in [2.05, 4.69) is 32.2 Å². The summed E-state index contributed by atoms with van der Waals surface area (Å²) >= 11 is 0. The van der Waals surface area contributed by atoms with Crippen molar-refractivity contribution in [2.24, 2.45) is 5.92 Å². The fourth-order valence-electron chi connectivity index (χ4n) is 2.36. The van der Waals surface area contributed by atoms with Crippen LogP contribution in [0.25, 0.3) is 0 Å². The van der Waals surface area contributed by atoms with Crippen LogP contribution in [0.15, 0.2) is 18.2 Å². The lowest BCUT2D eigenvalue weighted by Gasteiger charge is -2.22. The van der Waals surface area contributed by atoms with E-state index in [1.807, 2.05) is 26.0 Å². The van der Waals surface area contributed by atoms with Crippen molar-refractivity contribution < 1.29 is 9.47 Å². The zero-order chi connectivity index (χ0) is 15.7. The van der Waals surface area contributed by atoms with Gasteiger partial charge in [-0.15, -0.1) is 0 Å². The van der Waals surface area contributed by atoms with Gasteiger partial charge in [-0.25, -0.2) is 0 Å². The van der Waals surface area contributed by atoms with Crippen LogP contribution in [0.3, 0.4) is 0 Å². The fraction of sp³-hybridized carbons (Fsp3) is 0.667. The molecule has 2 atom stereocenters. The van der Waals surface area contributed by atoms with Gasteiger partial charge in [0.2, 0.25) is 0 Å². The molecule has 0 bridgehead atoms. The summed E-state index contributed by atoms with van der Waals surface area (Å²) in [6, 6.07) is 6.63. The highest BCUT2D eigenvalue weighted by Gasteiger charge is 2.12. The normalized spacial score (nSPS) is 13.6. The van der Waals surface area contributed by atoms with Crippen LogP contribution in [-0.2, 0) is 0 Å². The second-order valence-electron chi connectivity index (χ2n) is 5.53. The monoisotopic (exact) mass is 293 g/mol. The Labute approximate surface area is 130 Å². The molecule has 120 valence electrons. The van der Waals surface area contributed by atoms with Gasteiger partial charge in [0.05, 0.1) is 13.2 Å². The van der Waals surface area contributed by atoms with Crippen molar-refractivity contribution in [3.63, 3.8) is 0 Å². The van der Waals surface area contributed by atoms with Crippen molar-refractivity contribution in [1.29, 1.82) is 0 Å². The predicted octanol–water partition coefficient (Wildman–Crippen LogP) is 5.11. The van der Waals surface area contributed by atoms with Crippen molar-refractivity contribution in [2.75, 3.05) is 18.5 Å². The topological polar surface area (TPSA) is 30.5 Å². The van der Waals surface area contributed by atoms with Crippen molar-refractivity contribution in [2.45, 2.75) is 59.9 Å². The maximum atomic E-state index is 5.68. The molecule has 0 aromatic heterocycles. The van der Waals surface area contributed by atoms with Crippen molar-refractivity contribution in [3.05, 3.63) is 18.2 Å². The third-order valence-electron chi connectivity index (χ3n) is 3.79. The molecule has 0 saturated carbocycles. The first-order chi connectivity index (χ1) is 10.1. The molecule has 0 aliphatic heterocycles. The summed E-state index contributed by atoms with van der Waals surface area (Å²) in [6.45, 7) is 12.1. The molecule has 0 fully saturated rings. The number of benzene rings is 1. The molecule has 0 heterocycles. The molecule has 0 radical (unpaired) electrons. The molecule has 1 aromatic rings. The minimum atomic E-state index is 0.507.